The third-order valence-corrected chi connectivity index (χ3v) is 3.79. The van der Waals surface area contributed by atoms with E-state index in [1.807, 2.05) is 13.0 Å². The standard InChI is InChI=1S/C15H24N4O/c1-11-9-13(16)10-19-14(11)17-7-8-18-15(20)12-5-3-2-4-6-12/h9-10,12H,2-8,16H2,1H3,(H,17,19)(H,18,20). The molecule has 0 aliphatic heterocycles. The summed E-state index contributed by atoms with van der Waals surface area (Å²) in [5.74, 6) is 1.25. The largest absolute Gasteiger partial charge is 0.397 e. The van der Waals surface area contributed by atoms with Gasteiger partial charge in [0.1, 0.15) is 5.82 Å². The molecule has 5 heteroatoms. The molecule has 0 unspecified atom stereocenters. The second-order valence-corrected chi connectivity index (χ2v) is 5.49. The summed E-state index contributed by atoms with van der Waals surface area (Å²) >= 11 is 0. The van der Waals surface area contributed by atoms with E-state index in [2.05, 4.69) is 15.6 Å². The molecule has 1 amide bonds. The van der Waals surface area contributed by atoms with Crippen LogP contribution in [0.25, 0.3) is 0 Å². The Kier molecular flexibility index (Phi) is 5.21. The number of anilines is 2. The molecule has 1 aliphatic carbocycles. The second kappa shape index (κ2) is 7.12. The van der Waals surface area contributed by atoms with Crippen molar-refractivity contribution in [2.24, 2.45) is 5.92 Å². The van der Waals surface area contributed by atoms with Gasteiger partial charge in [-0.2, -0.15) is 0 Å². The maximum absolute atomic E-state index is 11.9. The van der Waals surface area contributed by atoms with Crippen LogP contribution in [0.2, 0.25) is 0 Å². The van der Waals surface area contributed by atoms with Crippen molar-refractivity contribution in [1.82, 2.24) is 10.3 Å². The summed E-state index contributed by atoms with van der Waals surface area (Å²) < 4.78 is 0. The number of nitrogens with one attached hydrogen (secondary N) is 2. The van der Waals surface area contributed by atoms with Crippen molar-refractivity contribution < 1.29 is 4.79 Å². The molecule has 1 aliphatic rings. The Morgan fingerprint density at radius 1 is 1.35 bits per heavy atom. The van der Waals surface area contributed by atoms with Gasteiger partial charge >= 0.3 is 0 Å². The SMILES string of the molecule is Cc1cc(N)cnc1NCCNC(=O)C1CCCCC1. The zero-order valence-electron chi connectivity index (χ0n) is 12.1. The normalized spacial score (nSPS) is 15.8. The van der Waals surface area contributed by atoms with Crippen LogP contribution < -0.4 is 16.4 Å². The summed E-state index contributed by atoms with van der Waals surface area (Å²) in [5, 5.41) is 6.22. The predicted molar refractivity (Wildman–Crippen MR) is 81.5 cm³/mol. The van der Waals surface area contributed by atoms with E-state index in [9.17, 15) is 4.79 Å². The number of rotatable bonds is 5. The van der Waals surface area contributed by atoms with Gasteiger partial charge in [-0.3, -0.25) is 4.79 Å². The molecule has 0 saturated heterocycles. The smallest absolute Gasteiger partial charge is 0.223 e. The second-order valence-electron chi connectivity index (χ2n) is 5.49. The number of pyridine rings is 1. The number of nitrogens with two attached hydrogens (primary N) is 1. The summed E-state index contributed by atoms with van der Waals surface area (Å²) in [7, 11) is 0. The first kappa shape index (κ1) is 14.6. The van der Waals surface area contributed by atoms with Crippen molar-refractivity contribution in [3.63, 3.8) is 0 Å². The predicted octanol–water partition coefficient (Wildman–Crippen LogP) is 2.08. The van der Waals surface area contributed by atoms with Crippen LogP contribution in [0.3, 0.4) is 0 Å². The molecule has 1 saturated carbocycles. The van der Waals surface area contributed by atoms with E-state index in [-0.39, 0.29) is 11.8 Å². The number of hydrogen-bond donors (Lipinski definition) is 3. The molecule has 20 heavy (non-hydrogen) atoms. The number of amides is 1. The van der Waals surface area contributed by atoms with Crippen LogP contribution in [0.1, 0.15) is 37.7 Å². The van der Waals surface area contributed by atoms with Crippen LogP contribution in [-0.4, -0.2) is 24.0 Å². The Balaban J connectivity index is 1.69. The first-order valence-corrected chi connectivity index (χ1v) is 7.40. The summed E-state index contributed by atoms with van der Waals surface area (Å²) in [6.45, 7) is 3.27. The third kappa shape index (κ3) is 4.11. The summed E-state index contributed by atoms with van der Waals surface area (Å²) in [6.07, 6.45) is 7.36. The molecule has 1 aromatic rings. The van der Waals surface area contributed by atoms with Gasteiger partial charge in [0.05, 0.1) is 11.9 Å². The maximum atomic E-state index is 11.9. The van der Waals surface area contributed by atoms with Gasteiger partial charge in [0.15, 0.2) is 0 Å². The van der Waals surface area contributed by atoms with E-state index in [1.165, 1.54) is 19.3 Å². The molecular weight excluding hydrogens is 252 g/mol. The van der Waals surface area contributed by atoms with Gasteiger partial charge in [-0.05, 0) is 31.4 Å². The number of hydrogen-bond acceptors (Lipinski definition) is 4. The van der Waals surface area contributed by atoms with Crippen molar-refractivity contribution in [3.05, 3.63) is 17.8 Å². The molecule has 1 heterocycles. The van der Waals surface area contributed by atoms with Crippen LogP contribution in [0.5, 0.6) is 0 Å². The van der Waals surface area contributed by atoms with Gasteiger partial charge in [-0.1, -0.05) is 19.3 Å². The quantitative estimate of drug-likeness (QED) is 0.719. The van der Waals surface area contributed by atoms with E-state index >= 15 is 0 Å². The number of carbonyl (C=O) groups excluding carboxylic acids is 1. The molecule has 2 rings (SSSR count). The number of carbonyl (C=O) groups is 1. The molecule has 0 spiro atoms. The highest BCUT2D eigenvalue weighted by Gasteiger charge is 2.20. The summed E-state index contributed by atoms with van der Waals surface area (Å²) in [4.78, 5) is 16.2. The molecule has 0 bridgehead atoms. The van der Waals surface area contributed by atoms with Gasteiger partial charge in [0.25, 0.3) is 0 Å². The lowest BCUT2D eigenvalue weighted by atomic mass is 9.89. The van der Waals surface area contributed by atoms with Gasteiger partial charge in [0, 0.05) is 19.0 Å². The van der Waals surface area contributed by atoms with E-state index in [1.54, 1.807) is 6.20 Å². The first-order chi connectivity index (χ1) is 9.66. The van der Waals surface area contributed by atoms with E-state index in [4.69, 9.17) is 5.73 Å². The van der Waals surface area contributed by atoms with Crippen molar-refractivity contribution in [3.8, 4) is 0 Å². The minimum Gasteiger partial charge on any atom is -0.397 e. The minimum absolute atomic E-state index is 0.202. The van der Waals surface area contributed by atoms with Gasteiger partial charge in [-0.25, -0.2) is 4.98 Å². The number of aryl methyl sites for hydroxylation is 1. The molecular formula is C15H24N4O. The van der Waals surface area contributed by atoms with Crippen molar-refractivity contribution >= 4 is 17.4 Å². The zero-order chi connectivity index (χ0) is 14.4. The monoisotopic (exact) mass is 276 g/mol. The average molecular weight is 276 g/mol. The van der Waals surface area contributed by atoms with Crippen LogP contribution >= 0.6 is 0 Å². The highest BCUT2D eigenvalue weighted by atomic mass is 16.1. The molecule has 110 valence electrons. The van der Waals surface area contributed by atoms with Crippen LogP contribution in [-0.2, 0) is 4.79 Å². The number of nitrogen functional groups attached to an aromatic ring is 1. The maximum Gasteiger partial charge on any atom is 0.223 e. The number of aromatic nitrogens is 1. The zero-order valence-corrected chi connectivity index (χ0v) is 12.1. The summed E-state index contributed by atoms with van der Waals surface area (Å²) in [6, 6.07) is 1.88. The fourth-order valence-corrected chi connectivity index (χ4v) is 2.66. The molecule has 0 radical (unpaired) electrons. The Bertz CT molecular complexity index is 455. The third-order valence-electron chi connectivity index (χ3n) is 3.79. The van der Waals surface area contributed by atoms with E-state index in [0.717, 1.165) is 24.2 Å². The molecule has 0 aromatic carbocycles. The lowest BCUT2D eigenvalue weighted by Gasteiger charge is -2.20. The number of nitrogens with zero attached hydrogens (tertiary/aromatic N) is 1. The molecule has 5 nitrogen and oxygen atoms in total. The van der Waals surface area contributed by atoms with Gasteiger partial charge in [-0.15, -0.1) is 0 Å². The Morgan fingerprint density at radius 2 is 2.10 bits per heavy atom. The Morgan fingerprint density at radius 3 is 2.80 bits per heavy atom. The highest BCUT2D eigenvalue weighted by Crippen LogP contribution is 2.23. The molecule has 4 N–H and O–H groups in total. The Hall–Kier alpha value is -1.78. The lowest BCUT2D eigenvalue weighted by Crippen LogP contribution is -2.35. The minimum atomic E-state index is 0.202. The van der Waals surface area contributed by atoms with Crippen LogP contribution in [0.15, 0.2) is 12.3 Å². The van der Waals surface area contributed by atoms with Gasteiger partial charge < -0.3 is 16.4 Å². The van der Waals surface area contributed by atoms with Crippen molar-refractivity contribution in [2.75, 3.05) is 24.1 Å². The Labute approximate surface area is 120 Å². The molecule has 1 aromatic heterocycles. The lowest BCUT2D eigenvalue weighted by molar-refractivity contribution is -0.125. The van der Waals surface area contributed by atoms with E-state index in [0.29, 0.717) is 18.8 Å². The summed E-state index contributed by atoms with van der Waals surface area (Å²) in [5.41, 5.74) is 7.34. The average Bonchev–Trinajstić information content (AvgIpc) is 2.46. The van der Waals surface area contributed by atoms with Gasteiger partial charge in [0.2, 0.25) is 5.91 Å². The van der Waals surface area contributed by atoms with Crippen molar-refractivity contribution in [1.29, 1.82) is 0 Å². The first-order valence-electron chi connectivity index (χ1n) is 7.40. The fraction of sp³-hybridized carbons (Fsp3) is 0.600. The fourth-order valence-electron chi connectivity index (χ4n) is 2.66. The highest BCUT2D eigenvalue weighted by molar-refractivity contribution is 5.78. The molecule has 1 fully saturated rings. The topological polar surface area (TPSA) is 80.0 Å². The van der Waals surface area contributed by atoms with Crippen LogP contribution in [0, 0.1) is 12.8 Å². The van der Waals surface area contributed by atoms with Crippen molar-refractivity contribution in [2.45, 2.75) is 39.0 Å². The van der Waals surface area contributed by atoms with Crippen LogP contribution in [0.4, 0.5) is 11.5 Å². The molecule has 0 atom stereocenters. The van der Waals surface area contributed by atoms with E-state index < -0.39 is 0 Å².